The molecule has 2 aromatic carbocycles. The van der Waals surface area contributed by atoms with E-state index >= 15 is 0 Å². The minimum Gasteiger partial charge on any atom is -0.368 e. The predicted molar refractivity (Wildman–Crippen MR) is 112 cm³/mol. The standard InChI is InChI=1S/C22H22N6/c23-22-26-20(19-21(27-22)28(14-24-19)18-8-4-5-9-18)25-17-12-10-16(11-13-17)15-6-2-1-3-7-15/h1-3,6-7,10-14,18H,4-5,8-9H2,(H3,23,25,26,27). The number of nitrogens with one attached hydrogen (secondary N) is 1. The van der Waals surface area contributed by atoms with Gasteiger partial charge in [0.2, 0.25) is 5.95 Å². The van der Waals surface area contributed by atoms with Crippen molar-refractivity contribution < 1.29 is 0 Å². The highest BCUT2D eigenvalue weighted by molar-refractivity contribution is 5.86. The molecule has 6 nitrogen and oxygen atoms in total. The molecular formula is C22H22N6. The van der Waals surface area contributed by atoms with Crippen LogP contribution in [0, 0.1) is 0 Å². The van der Waals surface area contributed by atoms with Crippen molar-refractivity contribution in [2.24, 2.45) is 0 Å². The summed E-state index contributed by atoms with van der Waals surface area (Å²) >= 11 is 0. The number of imidazole rings is 1. The summed E-state index contributed by atoms with van der Waals surface area (Å²) in [5.41, 5.74) is 10.9. The van der Waals surface area contributed by atoms with E-state index in [9.17, 15) is 0 Å². The minimum absolute atomic E-state index is 0.260. The summed E-state index contributed by atoms with van der Waals surface area (Å²) in [5.74, 6) is 0.905. The Morgan fingerprint density at radius 2 is 1.61 bits per heavy atom. The largest absolute Gasteiger partial charge is 0.368 e. The molecule has 6 heteroatoms. The Morgan fingerprint density at radius 1 is 0.893 bits per heavy atom. The normalized spacial score (nSPS) is 14.6. The molecule has 0 bridgehead atoms. The SMILES string of the molecule is Nc1nc(Nc2ccc(-c3ccccc3)cc2)c2ncn(C3CCCC3)c2n1. The predicted octanol–water partition coefficient (Wildman–Crippen LogP) is 4.93. The lowest BCUT2D eigenvalue weighted by Crippen LogP contribution is -2.07. The van der Waals surface area contributed by atoms with Crippen molar-refractivity contribution in [3.63, 3.8) is 0 Å². The van der Waals surface area contributed by atoms with E-state index in [4.69, 9.17) is 5.73 Å². The molecule has 0 atom stereocenters. The van der Waals surface area contributed by atoms with Crippen molar-refractivity contribution in [2.75, 3.05) is 11.1 Å². The first-order valence-electron chi connectivity index (χ1n) is 9.70. The Hall–Kier alpha value is -3.41. The highest BCUT2D eigenvalue weighted by Crippen LogP contribution is 2.33. The zero-order valence-corrected chi connectivity index (χ0v) is 15.5. The zero-order chi connectivity index (χ0) is 18.9. The molecule has 3 N–H and O–H groups in total. The van der Waals surface area contributed by atoms with Crippen LogP contribution >= 0.6 is 0 Å². The van der Waals surface area contributed by atoms with Crippen LogP contribution in [0.25, 0.3) is 22.3 Å². The van der Waals surface area contributed by atoms with E-state index in [0.717, 1.165) is 16.9 Å². The first kappa shape index (κ1) is 16.7. The van der Waals surface area contributed by atoms with Crippen molar-refractivity contribution in [1.82, 2.24) is 19.5 Å². The van der Waals surface area contributed by atoms with E-state index in [1.807, 2.05) is 36.7 Å². The van der Waals surface area contributed by atoms with Crippen LogP contribution in [-0.4, -0.2) is 19.5 Å². The average Bonchev–Trinajstić information content (AvgIpc) is 3.39. The van der Waals surface area contributed by atoms with Gasteiger partial charge in [0.25, 0.3) is 0 Å². The molecule has 4 aromatic rings. The van der Waals surface area contributed by atoms with E-state index in [2.05, 4.69) is 49.1 Å². The van der Waals surface area contributed by atoms with Gasteiger partial charge in [-0.2, -0.15) is 9.97 Å². The van der Waals surface area contributed by atoms with Crippen LogP contribution in [0.5, 0.6) is 0 Å². The van der Waals surface area contributed by atoms with Gasteiger partial charge in [-0.05, 0) is 36.1 Å². The maximum Gasteiger partial charge on any atom is 0.224 e. The molecular weight excluding hydrogens is 348 g/mol. The molecule has 1 saturated carbocycles. The molecule has 0 spiro atoms. The van der Waals surface area contributed by atoms with Gasteiger partial charge in [-0.3, -0.25) is 0 Å². The Kier molecular flexibility index (Phi) is 4.16. The summed E-state index contributed by atoms with van der Waals surface area (Å²) in [6.45, 7) is 0. The third kappa shape index (κ3) is 3.07. The average molecular weight is 370 g/mol. The molecule has 0 unspecified atom stereocenters. The Labute approximate surface area is 163 Å². The van der Waals surface area contributed by atoms with E-state index in [-0.39, 0.29) is 5.95 Å². The first-order chi connectivity index (χ1) is 13.8. The number of nitrogens with zero attached hydrogens (tertiary/aromatic N) is 4. The number of hydrogen-bond donors (Lipinski definition) is 2. The molecule has 5 rings (SSSR count). The van der Waals surface area contributed by atoms with E-state index < -0.39 is 0 Å². The van der Waals surface area contributed by atoms with Crippen LogP contribution in [0.15, 0.2) is 60.9 Å². The topological polar surface area (TPSA) is 81.6 Å². The maximum atomic E-state index is 6.00. The van der Waals surface area contributed by atoms with E-state index in [1.165, 1.54) is 36.8 Å². The fraction of sp³-hybridized carbons (Fsp3) is 0.227. The second kappa shape index (κ2) is 6.96. The molecule has 1 fully saturated rings. The van der Waals surface area contributed by atoms with Crippen LogP contribution in [0.4, 0.5) is 17.5 Å². The number of anilines is 3. The molecule has 1 aliphatic carbocycles. The summed E-state index contributed by atoms with van der Waals surface area (Å²) in [6, 6.07) is 19.0. The van der Waals surface area contributed by atoms with Crippen molar-refractivity contribution in [1.29, 1.82) is 0 Å². The lowest BCUT2D eigenvalue weighted by Gasteiger charge is -2.12. The molecule has 0 saturated heterocycles. The quantitative estimate of drug-likeness (QED) is 0.532. The van der Waals surface area contributed by atoms with Crippen molar-refractivity contribution in [3.8, 4) is 11.1 Å². The summed E-state index contributed by atoms with van der Waals surface area (Å²) in [5, 5.41) is 3.36. The Balaban J connectivity index is 1.46. The van der Waals surface area contributed by atoms with Crippen LogP contribution < -0.4 is 11.1 Å². The Morgan fingerprint density at radius 3 is 2.36 bits per heavy atom. The van der Waals surface area contributed by atoms with Gasteiger partial charge in [0.05, 0.1) is 6.33 Å². The van der Waals surface area contributed by atoms with Gasteiger partial charge in [0, 0.05) is 11.7 Å². The van der Waals surface area contributed by atoms with Crippen molar-refractivity contribution in [3.05, 3.63) is 60.9 Å². The molecule has 28 heavy (non-hydrogen) atoms. The number of fused-ring (bicyclic) bond motifs is 1. The van der Waals surface area contributed by atoms with E-state index in [0.29, 0.717) is 11.9 Å². The zero-order valence-electron chi connectivity index (χ0n) is 15.5. The van der Waals surface area contributed by atoms with Crippen LogP contribution in [0.1, 0.15) is 31.7 Å². The molecule has 0 radical (unpaired) electrons. The van der Waals surface area contributed by atoms with Gasteiger partial charge in [0.1, 0.15) is 0 Å². The van der Waals surface area contributed by atoms with Crippen LogP contribution in [0.3, 0.4) is 0 Å². The third-order valence-corrected chi connectivity index (χ3v) is 5.41. The molecule has 140 valence electrons. The molecule has 1 aliphatic rings. The summed E-state index contributed by atoms with van der Waals surface area (Å²) in [7, 11) is 0. The number of aromatic nitrogens is 4. The van der Waals surface area contributed by atoms with Crippen LogP contribution in [0.2, 0.25) is 0 Å². The van der Waals surface area contributed by atoms with Gasteiger partial charge >= 0.3 is 0 Å². The minimum atomic E-state index is 0.260. The van der Waals surface area contributed by atoms with Gasteiger partial charge in [-0.15, -0.1) is 0 Å². The fourth-order valence-electron chi connectivity index (χ4n) is 3.98. The monoisotopic (exact) mass is 370 g/mol. The van der Waals surface area contributed by atoms with Gasteiger partial charge < -0.3 is 15.6 Å². The number of hydrogen-bond acceptors (Lipinski definition) is 5. The first-order valence-corrected chi connectivity index (χ1v) is 9.70. The van der Waals surface area contributed by atoms with Gasteiger partial charge in [0.15, 0.2) is 17.0 Å². The van der Waals surface area contributed by atoms with Crippen molar-refractivity contribution >= 4 is 28.6 Å². The maximum absolute atomic E-state index is 6.00. The lowest BCUT2D eigenvalue weighted by atomic mass is 10.1. The smallest absolute Gasteiger partial charge is 0.224 e. The second-order valence-corrected chi connectivity index (χ2v) is 7.26. The highest BCUT2D eigenvalue weighted by Gasteiger charge is 2.21. The fourth-order valence-corrected chi connectivity index (χ4v) is 3.98. The summed E-state index contributed by atoms with van der Waals surface area (Å²) in [4.78, 5) is 13.4. The molecule has 2 heterocycles. The summed E-state index contributed by atoms with van der Waals surface area (Å²) < 4.78 is 2.16. The Bertz CT molecular complexity index is 1100. The number of nitrogen functional groups attached to an aromatic ring is 1. The second-order valence-electron chi connectivity index (χ2n) is 7.26. The van der Waals surface area contributed by atoms with Gasteiger partial charge in [-0.25, -0.2) is 4.98 Å². The number of rotatable bonds is 4. The molecule has 0 amide bonds. The van der Waals surface area contributed by atoms with Crippen molar-refractivity contribution in [2.45, 2.75) is 31.7 Å². The van der Waals surface area contributed by atoms with E-state index in [1.54, 1.807) is 0 Å². The van der Waals surface area contributed by atoms with Gasteiger partial charge in [-0.1, -0.05) is 55.3 Å². The lowest BCUT2D eigenvalue weighted by molar-refractivity contribution is 0.529. The highest BCUT2D eigenvalue weighted by atomic mass is 15.2. The summed E-state index contributed by atoms with van der Waals surface area (Å²) in [6.07, 6.45) is 6.71. The number of nitrogens with two attached hydrogens (primary N) is 1. The van der Waals surface area contributed by atoms with Crippen LogP contribution in [-0.2, 0) is 0 Å². The molecule has 2 aromatic heterocycles. The molecule has 0 aliphatic heterocycles. The number of benzene rings is 2. The third-order valence-electron chi connectivity index (χ3n) is 5.41.